The molecule has 24 heavy (non-hydrogen) atoms. The lowest BCUT2D eigenvalue weighted by atomic mass is 10.2. The molecule has 0 atom stereocenters. The third kappa shape index (κ3) is 9.57. The van der Waals surface area contributed by atoms with E-state index in [4.69, 9.17) is 0 Å². The Hall–Kier alpha value is -1.54. The minimum atomic E-state index is 0.832. The summed E-state index contributed by atoms with van der Waals surface area (Å²) in [5, 5.41) is 0. The molecule has 0 spiro atoms. The number of benzene rings is 1. The number of rotatable bonds is 8. The largest absolute Gasteiger partial charge is 0.342 e. The first-order valence-corrected chi connectivity index (χ1v) is 9.49. The van der Waals surface area contributed by atoms with Gasteiger partial charge in [-0.05, 0) is 57.4 Å². The van der Waals surface area contributed by atoms with E-state index in [9.17, 15) is 0 Å². The van der Waals surface area contributed by atoms with E-state index in [0.717, 1.165) is 30.3 Å². The summed E-state index contributed by atoms with van der Waals surface area (Å²) < 4.78 is 1.10. The van der Waals surface area contributed by atoms with Crippen molar-refractivity contribution in [3.8, 4) is 0 Å². The Morgan fingerprint density at radius 2 is 1.71 bits per heavy atom. The standard InChI is InChI=1S/C18H24BrN.C4H8/c1-4-7-8-9-10-17(6-3)20(15-5-2)18-13-11-16(19)12-14-18;1-3-4-2/h5,7-8,10-14H,2,4,6,9,15H2,1,3H3;3-4H,1-2H3/b8-7-,17-10+;4-3-. The van der Waals surface area contributed by atoms with Gasteiger partial charge in [0.25, 0.3) is 0 Å². The van der Waals surface area contributed by atoms with Crippen molar-refractivity contribution < 1.29 is 0 Å². The zero-order valence-electron chi connectivity index (χ0n) is 15.6. The van der Waals surface area contributed by atoms with Crippen LogP contribution in [0.3, 0.4) is 0 Å². The van der Waals surface area contributed by atoms with Crippen LogP contribution in [0.5, 0.6) is 0 Å². The summed E-state index contributed by atoms with van der Waals surface area (Å²) in [6.07, 6.45) is 15.8. The Morgan fingerprint density at radius 3 is 2.17 bits per heavy atom. The first-order valence-electron chi connectivity index (χ1n) is 8.69. The van der Waals surface area contributed by atoms with Crippen LogP contribution in [0.4, 0.5) is 5.69 Å². The van der Waals surface area contributed by atoms with Gasteiger partial charge in [-0.3, -0.25) is 0 Å². The molecule has 0 saturated heterocycles. The fourth-order valence-electron chi connectivity index (χ4n) is 2.05. The predicted octanol–water partition coefficient (Wildman–Crippen LogP) is 7.67. The number of anilines is 1. The number of hydrogen-bond donors (Lipinski definition) is 0. The van der Waals surface area contributed by atoms with E-state index >= 15 is 0 Å². The van der Waals surface area contributed by atoms with Crippen LogP contribution in [0, 0.1) is 0 Å². The summed E-state index contributed by atoms with van der Waals surface area (Å²) in [4.78, 5) is 2.32. The monoisotopic (exact) mass is 389 g/mol. The van der Waals surface area contributed by atoms with Crippen LogP contribution in [0.1, 0.15) is 47.0 Å². The molecule has 0 bridgehead atoms. The summed E-state index contributed by atoms with van der Waals surface area (Å²) in [5.41, 5.74) is 2.55. The first kappa shape index (κ1) is 22.5. The van der Waals surface area contributed by atoms with Crippen LogP contribution in [0.2, 0.25) is 0 Å². The molecule has 1 nitrogen and oxygen atoms in total. The van der Waals surface area contributed by atoms with Gasteiger partial charge < -0.3 is 4.90 Å². The maximum atomic E-state index is 3.88. The van der Waals surface area contributed by atoms with Gasteiger partial charge in [0.15, 0.2) is 0 Å². The summed E-state index contributed by atoms with van der Waals surface area (Å²) in [7, 11) is 0. The molecule has 0 aliphatic heterocycles. The number of halogens is 1. The number of nitrogens with zero attached hydrogens (tertiary/aromatic N) is 1. The normalized spacial score (nSPS) is 11.5. The van der Waals surface area contributed by atoms with Crippen LogP contribution in [0.25, 0.3) is 0 Å². The summed E-state index contributed by atoms with van der Waals surface area (Å²) in [5.74, 6) is 0. The number of allylic oxidation sites excluding steroid dienone is 6. The van der Waals surface area contributed by atoms with Gasteiger partial charge in [0, 0.05) is 22.4 Å². The Kier molecular flexibility index (Phi) is 14.1. The molecule has 1 aromatic carbocycles. The quantitative estimate of drug-likeness (QED) is 0.412. The lowest BCUT2D eigenvalue weighted by Gasteiger charge is -2.26. The Labute approximate surface area is 157 Å². The molecular weight excluding hydrogens is 358 g/mol. The molecule has 1 rings (SSSR count). The molecule has 0 saturated carbocycles. The van der Waals surface area contributed by atoms with Gasteiger partial charge in [-0.2, -0.15) is 0 Å². The van der Waals surface area contributed by atoms with Gasteiger partial charge in [0.05, 0.1) is 0 Å². The van der Waals surface area contributed by atoms with Crippen molar-refractivity contribution in [3.63, 3.8) is 0 Å². The molecule has 2 heteroatoms. The van der Waals surface area contributed by atoms with Crippen molar-refractivity contribution >= 4 is 21.6 Å². The molecule has 132 valence electrons. The van der Waals surface area contributed by atoms with Crippen molar-refractivity contribution in [2.24, 2.45) is 0 Å². The van der Waals surface area contributed by atoms with Gasteiger partial charge in [0.2, 0.25) is 0 Å². The SMILES string of the molecule is C/C=C\C.C=CCN(/C(=C/C/C=C\CC)CC)c1ccc(Br)cc1. The minimum Gasteiger partial charge on any atom is -0.342 e. The highest BCUT2D eigenvalue weighted by atomic mass is 79.9. The molecule has 0 unspecified atom stereocenters. The van der Waals surface area contributed by atoms with Crippen molar-refractivity contribution in [2.45, 2.75) is 47.0 Å². The van der Waals surface area contributed by atoms with Crippen molar-refractivity contribution in [1.82, 2.24) is 0 Å². The van der Waals surface area contributed by atoms with Crippen LogP contribution < -0.4 is 4.90 Å². The van der Waals surface area contributed by atoms with Gasteiger partial charge in [-0.25, -0.2) is 0 Å². The second kappa shape index (κ2) is 15.0. The Morgan fingerprint density at radius 1 is 1.08 bits per heavy atom. The maximum Gasteiger partial charge on any atom is 0.0411 e. The van der Waals surface area contributed by atoms with Crippen molar-refractivity contribution in [1.29, 1.82) is 0 Å². The lowest BCUT2D eigenvalue weighted by Crippen LogP contribution is -2.22. The summed E-state index contributed by atoms with van der Waals surface area (Å²) in [6, 6.07) is 8.43. The average Bonchev–Trinajstić information content (AvgIpc) is 2.61. The van der Waals surface area contributed by atoms with Gasteiger partial charge in [-0.15, -0.1) is 6.58 Å². The van der Waals surface area contributed by atoms with Gasteiger partial charge >= 0.3 is 0 Å². The van der Waals surface area contributed by atoms with E-state index in [0.29, 0.717) is 0 Å². The highest BCUT2D eigenvalue weighted by Crippen LogP contribution is 2.23. The molecular formula is C22H32BrN. The minimum absolute atomic E-state index is 0.832. The molecule has 0 aliphatic rings. The third-order valence-electron chi connectivity index (χ3n) is 3.38. The third-order valence-corrected chi connectivity index (χ3v) is 3.91. The van der Waals surface area contributed by atoms with Crippen LogP contribution in [0.15, 0.2) is 77.5 Å². The van der Waals surface area contributed by atoms with Gasteiger partial charge in [0.1, 0.15) is 0 Å². The first-order chi connectivity index (χ1) is 11.6. The van der Waals surface area contributed by atoms with Crippen LogP contribution in [-0.2, 0) is 0 Å². The zero-order valence-corrected chi connectivity index (χ0v) is 17.2. The molecule has 1 aromatic rings. The van der Waals surface area contributed by atoms with E-state index in [-0.39, 0.29) is 0 Å². The fourth-order valence-corrected chi connectivity index (χ4v) is 2.32. The van der Waals surface area contributed by atoms with Crippen LogP contribution in [-0.4, -0.2) is 6.54 Å². The lowest BCUT2D eigenvalue weighted by molar-refractivity contribution is 0.919. The second-order valence-corrected chi connectivity index (χ2v) is 6.12. The Bertz CT molecular complexity index is 519. The maximum absolute atomic E-state index is 3.88. The van der Waals surface area contributed by atoms with Gasteiger partial charge in [-0.1, -0.05) is 66.2 Å². The molecule has 0 aromatic heterocycles. The topological polar surface area (TPSA) is 3.24 Å². The molecule has 0 fully saturated rings. The smallest absolute Gasteiger partial charge is 0.0411 e. The van der Waals surface area contributed by atoms with Crippen molar-refractivity contribution in [3.05, 3.63) is 77.5 Å². The molecule has 0 heterocycles. The summed E-state index contributed by atoms with van der Waals surface area (Å²) >= 11 is 3.48. The van der Waals surface area contributed by atoms with Crippen LogP contribution >= 0.6 is 15.9 Å². The highest BCUT2D eigenvalue weighted by molar-refractivity contribution is 9.10. The molecule has 0 N–H and O–H groups in total. The summed E-state index contributed by atoms with van der Waals surface area (Å²) in [6.45, 7) is 13.1. The van der Waals surface area contributed by atoms with E-state index in [1.807, 2.05) is 32.1 Å². The predicted molar refractivity (Wildman–Crippen MR) is 115 cm³/mol. The number of hydrogen-bond acceptors (Lipinski definition) is 1. The highest BCUT2D eigenvalue weighted by Gasteiger charge is 2.08. The fraction of sp³-hybridized carbons (Fsp3) is 0.364. The van der Waals surface area contributed by atoms with E-state index < -0.39 is 0 Å². The van der Waals surface area contributed by atoms with E-state index in [1.54, 1.807) is 0 Å². The molecule has 0 radical (unpaired) electrons. The zero-order chi connectivity index (χ0) is 18.2. The van der Waals surface area contributed by atoms with Crippen molar-refractivity contribution in [2.75, 3.05) is 11.4 Å². The average molecular weight is 390 g/mol. The molecule has 0 amide bonds. The van der Waals surface area contributed by atoms with E-state index in [2.05, 4.69) is 83.7 Å². The van der Waals surface area contributed by atoms with E-state index in [1.165, 1.54) is 11.4 Å². The Balaban J connectivity index is 0.00000118. The second-order valence-electron chi connectivity index (χ2n) is 5.21. The molecule has 0 aliphatic carbocycles.